The normalized spacial score (nSPS) is 16.0. The van der Waals surface area contributed by atoms with Crippen molar-refractivity contribution in [3.05, 3.63) is 59.1 Å². The van der Waals surface area contributed by atoms with Gasteiger partial charge in [0.15, 0.2) is 0 Å². The van der Waals surface area contributed by atoms with Crippen LogP contribution in [0.2, 0.25) is 5.02 Å². The van der Waals surface area contributed by atoms with Crippen LogP contribution in [-0.2, 0) is 10.0 Å². The molecular formula is C19H20ClN3O3S. The molecule has 0 aromatic heterocycles. The van der Waals surface area contributed by atoms with Crippen LogP contribution in [0.3, 0.4) is 0 Å². The summed E-state index contributed by atoms with van der Waals surface area (Å²) in [5.41, 5.74) is 0.174. The summed E-state index contributed by atoms with van der Waals surface area (Å²) in [6, 6.07) is 15.6. The van der Waals surface area contributed by atoms with Crippen LogP contribution in [0.25, 0.3) is 0 Å². The summed E-state index contributed by atoms with van der Waals surface area (Å²) >= 11 is 6.06. The highest BCUT2D eigenvalue weighted by molar-refractivity contribution is 7.89. The second-order valence-electron chi connectivity index (χ2n) is 6.13. The second-order valence-corrected chi connectivity index (χ2v) is 8.45. The molecule has 0 aliphatic carbocycles. The SMILES string of the molecule is N#Cc1ccccc1S(=O)(=O)N1CCN(CCOc2ccccc2Cl)CC1. The highest BCUT2D eigenvalue weighted by Gasteiger charge is 2.30. The molecule has 0 unspecified atom stereocenters. The van der Waals surface area contributed by atoms with E-state index in [4.69, 9.17) is 21.6 Å². The lowest BCUT2D eigenvalue weighted by Crippen LogP contribution is -2.49. The third-order valence-corrected chi connectivity index (χ3v) is 6.73. The number of piperazine rings is 1. The Morgan fingerprint density at radius 3 is 2.41 bits per heavy atom. The molecule has 0 saturated carbocycles. The third kappa shape index (κ3) is 4.60. The van der Waals surface area contributed by atoms with Crippen molar-refractivity contribution >= 4 is 21.6 Å². The van der Waals surface area contributed by atoms with Gasteiger partial charge in [0.2, 0.25) is 10.0 Å². The molecule has 0 N–H and O–H groups in total. The van der Waals surface area contributed by atoms with Crippen LogP contribution in [-0.4, -0.2) is 57.0 Å². The minimum atomic E-state index is -3.66. The van der Waals surface area contributed by atoms with Crippen LogP contribution in [0, 0.1) is 11.3 Å². The smallest absolute Gasteiger partial charge is 0.244 e. The molecule has 1 saturated heterocycles. The molecule has 0 spiro atoms. The Morgan fingerprint density at radius 2 is 1.70 bits per heavy atom. The van der Waals surface area contributed by atoms with Crippen LogP contribution in [0.1, 0.15) is 5.56 Å². The van der Waals surface area contributed by atoms with E-state index in [-0.39, 0.29) is 10.5 Å². The van der Waals surface area contributed by atoms with Gasteiger partial charge in [-0.25, -0.2) is 8.42 Å². The summed E-state index contributed by atoms with van der Waals surface area (Å²) in [5.74, 6) is 0.647. The summed E-state index contributed by atoms with van der Waals surface area (Å²) < 4.78 is 32.8. The van der Waals surface area contributed by atoms with Crippen molar-refractivity contribution < 1.29 is 13.2 Å². The quantitative estimate of drug-likeness (QED) is 0.738. The summed E-state index contributed by atoms with van der Waals surface area (Å²) in [4.78, 5) is 2.22. The maximum atomic E-state index is 12.8. The van der Waals surface area contributed by atoms with E-state index in [0.29, 0.717) is 50.1 Å². The van der Waals surface area contributed by atoms with E-state index < -0.39 is 10.0 Å². The molecule has 1 heterocycles. The molecule has 1 aliphatic heterocycles. The first-order valence-corrected chi connectivity index (χ1v) is 10.4. The Bertz CT molecular complexity index is 935. The number of benzene rings is 2. The van der Waals surface area contributed by atoms with Crippen LogP contribution < -0.4 is 4.74 Å². The Balaban J connectivity index is 1.54. The van der Waals surface area contributed by atoms with Crippen LogP contribution >= 0.6 is 11.6 Å². The van der Waals surface area contributed by atoms with E-state index in [1.54, 1.807) is 18.2 Å². The second kappa shape index (κ2) is 8.72. The minimum absolute atomic E-state index is 0.0722. The van der Waals surface area contributed by atoms with Gasteiger partial charge in [-0.15, -0.1) is 0 Å². The van der Waals surface area contributed by atoms with Crippen LogP contribution in [0.5, 0.6) is 5.75 Å². The van der Waals surface area contributed by atoms with Crippen LogP contribution in [0.15, 0.2) is 53.4 Å². The molecule has 6 nitrogen and oxygen atoms in total. The van der Waals surface area contributed by atoms with E-state index in [9.17, 15) is 8.42 Å². The zero-order valence-electron chi connectivity index (χ0n) is 14.7. The van der Waals surface area contributed by atoms with Gasteiger partial charge in [0, 0.05) is 32.7 Å². The Kier molecular flexibility index (Phi) is 6.34. The largest absolute Gasteiger partial charge is 0.491 e. The predicted octanol–water partition coefficient (Wildman–Crippen LogP) is 2.60. The number of para-hydroxylation sites is 1. The third-order valence-electron chi connectivity index (χ3n) is 4.46. The van der Waals surface area contributed by atoms with Crippen molar-refractivity contribution in [2.75, 3.05) is 39.3 Å². The molecule has 0 bridgehead atoms. The van der Waals surface area contributed by atoms with Crippen molar-refractivity contribution in [2.45, 2.75) is 4.90 Å². The average Bonchev–Trinajstić information content (AvgIpc) is 2.70. The first kappa shape index (κ1) is 19.6. The van der Waals surface area contributed by atoms with Gasteiger partial charge in [-0.05, 0) is 24.3 Å². The van der Waals surface area contributed by atoms with Gasteiger partial charge in [-0.2, -0.15) is 9.57 Å². The van der Waals surface area contributed by atoms with Crippen molar-refractivity contribution in [2.24, 2.45) is 0 Å². The number of nitriles is 1. The first-order valence-electron chi connectivity index (χ1n) is 8.61. The van der Waals surface area contributed by atoms with E-state index in [0.717, 1.165) is 0 Å². The van der Waals surface area contributed by atoms with Gasteiger partial charge >= 0.3 is 0 Å². The monoisotopic (exact) mass is 405 g/mol. The van der Waals surface area contributed by atoms with E-state index >= 15 is 0 Å². The van der Waals surface area contributed by atoms with Crippen molar-refractivity contribution in [1.82, 2.24) is 9.21 Å². The molecular weight excluding hydrogens is 386 g/mol. The topological polar surface area (TPSA) is 73.6 Å². The summed E-state index contributed by atoms with van der Waals surface area (Å²) in [6.45, 7) is 3.16. The maximum absolute atomic E-state index is 12.8. The molecule has 0 radical (unpaired) electrons. The summed E-state index contributed by atoms with van der Waals surface area (Å²) in [7, 11) is -3.66. The number of halogens is 1. The lowest BCUT2D eigenvalue weighted by molar-refractivity contribution is 0.159. The van der Waals surface area contributed by atoms with Gasteiger partial charge in [0.05, 0.1) is 15.5 Å². The summed E-state index contributed by atoms with van der Waals surface area (Å²) in [6.07, 6.45) is 0. The summed E-state index contributed by atoms with van der Waals surface area (Å²) in [5, 5.41) is 9.74. The highest BCUT2D eigenvalue weighted by Crippen LogP contribution is 2.23. The van der Waals surface area contributed by atoms with Gasteiger partial charge in [0.1, 0.15) is 18.4 Å². The number of hydrogen-bond donors (Lipinski definition) is 0. The lowest BCUT2D eigenvalue weighted by atomic mass is 10.2. The van der Waals surface area contributed by atoms with Gasteiger partial charge in [-0.3, -0.25) is 4.90 Å². The number of nitrogens with zero attached hydrogens (tertiary/aromatic N) is 3. The molecule has 8 heteroatoms. The molecule has 142 valence electrons. The van der Waals surface area contributed by atoms with E-state index in [1.165, 1.54) is 16.4 Å². The molecule has 2 aromatic carbocycles. The predicted molar refractivity (Wildman–Crippen MR) is 103 cm³/mol. The van der Waals surface area contributed by atoms with Gasteiger partial charge in [0.25, 0.3) is 0 Å². The first-order chi connectivity index (χ1) is 13.0. The molecule has 1 aliphatic rings. The number of sulfonamides is 1. The number of ether oxygens (including phenoxy) is 1. The molecule has 27 heavy (non-hydrogen) atoms. The zero-order valence-corrected chi connectivity index (χ0v) is 16.3. The zero-order chi connectivity index (χ0) is 19.3. The Labute approximate surface area is 164 Å². The van der Waals surface area contributed by atoms with Gasteiger partial charge in [-0.1, -0.05) is 35.9 Å². The Hall–Kier alpha value is -2.11. The Morgan fingerprint density at radius 1 is 1.04 bits per heavy atom. The number of rotatable bonds is 6. The van der Waals surface area contributed by atoms with Crippen LogP contribution in [0.4, 0.5) is 0 Å². The fourth-order valence-corrected chi connectivity index (χ4v) is 4.72. The molecule has 0 atom stereocenters. The standard InChI is InChI=1S/C19H20ClN3O3S/c20-17-6-2-3-7-18(17)26-14-13-22-9-11-23(12-10-22)27(24,25)19-8-4-1-5-16(19)15-21/h1-8H,9-14H2. The fourth-order valence-electron chi connectivity index (χ4n) is 2.96. The molecule has 2 aromatic rings. The van der Waals surface area contributed by atoms with Crippen molar-refractivity contribution in [1.29, 1.82) is 5.26 Å². The maximum Gasteiger partial charge on any atom is 0.244 e. The van der Waals surface area contributed by atoms with E-state index in [1.807, 2.05) is 24.3 Å². The highest BCUT2D eigenvalue weighted by atomic mass is 35.5. The minimum Gasteiger partial charge on any atom is -0.491 e. The van der Waals surface area contributed by atoms with Crippen molar-refractivity contribution in [3.8, 4) is 11.8 Å². The molecule has 1 fully saturated rings. The van der Waals surface area contributed by atoms with E-state index in [2.05, 4.69) is 4.90 Å². The fraction of sp³-hybridized carbons (Fsp3) is 0.316. The molecule has 3 rings (SSSR count). The average molecular weight is 406 g/mol. The van der Waals surface area contributed by atoms with Crippen molar-refractivity contribution in [3.63, 3.8) is 0 Å². The molecule has 0 amide bonds. The van der Waals surface area contributed by atoms with Gasteiger partial charge < -0.3 is 4.74 Å². The lowest BCUT2D eigenvalue weighted by Gasteiger charge is -2.34. The number of hydrogen-bond acceptors (Lipinski definition) is 5.